The van der Waals surface area contributed by atoms with Gasteiger partial charge in [0.1, 0.15) is 26.4 Å². The van der Waals surface area contributed by atoms with Crippen LogP contribution >= 0.6 is 40.6 Å². The van der Waals surface area contributed by atoms with Crippen molar-refractivity contribution in [3.05, 3.63) is 32.9 Å². The molecule has 4 heterocycles. The molecule has 0 unspecified atom stereocenters. The Hall–Kier alpha value is -0.367. The molecule has 0 saturated carbocycles. The second-order valence-electron chi connectivity index (χ2n) is 10.2. The van der Waals surface area contributed by atoms with Crippen LogP contribution in [0.1, 0.15) is 44.9 Å². The summed E-state index contributed by atoms with van der Waals surface area (Å²) < 4.78 is 20.5. The van der Waals surface area contributed by atoms with Crippen molar-refractivity contribution in [3.63, 3.8) is 0 Å². The van der Waals surface area contributed by atoms with E-state index in [1.807, 2.05) is 0 Å². The molecule has 4 aliphatic rings. The van der Waals surface area contributed by atoms with Crippen LogP contribution in [0, 0.1) is 17.8 Å². The molecule has 18 heteroatoms. The van der Waals surface area contributed by atoms with Crippen molar-refractivity contribution in [3.8, 4) is 0 Å². The van der Waals surface area contributed by atoms with Gasteiger partial charge in [-0.25, -0.2) is 4.79 Å². The summed E-state index contributed by atoms with van der Waals surface area (Å²) in [4.78, 5) is 46.8. The fourth-order valence-electron chi connectivity index (χ4n) is 4.72. The van der Waals surface area contributed by atoms with Gasteiger partial charge in [0, 0.05) is 5.57 Å². The monoisotopic (exact) mass is 820 g/mol. The zero-order valence-corrected chi connectivity index (χ0v) is 30.6. The van der Waals surface area contributed by atoms with E-state index in [9.17, 15) is 19.2 Å². The van der Waals surface area contributed by atoms with Crippen LogP contribution in [0.15, 0.2) is 11.6 Å². The number of carbonyl (C=O) groups excluding carboxylic acids is 4. The molecule has 272 valence electrons. The Bertz CT molecular complexity index is 862. The third-order valence-electron chi connectivity index (χ3n) is 7.22. The van der Waals surface area contributed by atoms with Crippen LogP contribution in [0.3, 0.4) is 0 Å². The van der Waals surface area contributed by atoms with Crippen molar-refractivity contribution in [2.75, 3.05) is 78.8 Å². The standard InChI is InChI=1S/C14H22N2O4.C14H20N2O4.4ClH.2Co/c2*17-13(11-1-5-15-6-2-11)19-9-10-20-14(18)12-3-7-16-8-4-12;;;;;;/h11-12H,1-10H2;1,12H,2-10H2;4*1H;;/q2*-2;;;;;2*+2/p-4. The number of esters is 4. The molecule has 0 bridgehead atoms. The molecule has 0 radical (unpaired) electrons. The first-order valence-corrected chi connectivity index (χ1v) is 20.7. The molecule has 0 spiro atoms. The number of piperidine rings is 3. The van der Waals surface area contributed by atoms with Crippen molar-refractivity contribution in [2.45, 2.75) is 44.9 Å². The van der Waals surface area contributed by atoms with Crippen LogP contribution in [0.5, 0.6) is 0 Å². The third-order valence-corrected chi connectivity index (χ3v) is 7.22. The molecular weight excluding hydrogens is 780 g/mol. The van der Waals surface area contributed by atoms with E-state index in [0.717, 1.165) is 77.8 Å². The van der Waals surface area contributed by atoms with Crippen LogP contribution in [0.25, 0.3) is 21.3 Å². The maximum absolute atomic E-state index is 11.7. The second-order valence-corrected chi connectivity index (χ2v) is 13.6. The summed E-state index contributed by atoms with van der Waals surface area (Å²) in [5, 5.41) is 16.7. The summed E-state index contributed by atoms with van der Waals surface area (Å²) in [6.45, 7) is 6.18. The minimum absolute atomic E-state index is 0.0387. The summed E-state index contributed by atoms with van der Waals surface area (Å²) in [7, 11) is 18.9. The zero-order chi connectivity index (χ0) is 33.8. The molecule has 3 fully saturated rings. The van der Waals surface area contributed by atoms with Gasteiger partial charge >= 0.3 is 90.2 Å². The molecule has 4 aliphatic heterocycles. The van der Waals surface area contributed by atoms with E-state index in [1.165, 1.54) is 0 Å². The number of halogens is 4. The number of rotatable bonds is 10. The number of nitrogens with zero attached hydrogens (tertiary/aromatic N) is 4. The SMILES string of the molecule is O=C(OCCOC(=O)C1CC[N-]CC1)C1=CC[N-]CC1.O=C(OCCOC(=O)C1CC[N-]CC1)C1CC[N-]CC1.[Cl][Co][Cl].[Cl][Co][Cl]. The normalized spacial score (nSPS) is 19.0. The maximum atomic E-state index is 11.7. The van der Waals surface area contributed by atoms with Gasteiger partial charge in [-0.15, -0.1) is 52.4 Å². The first-order valence-electron chi connectivity index (χ1n) is 14.9. The Balaban J connectivity index is 0.000000393. The van der Waals surface area contributed by atoms with Gasteiger partial charge in [0.15, 0.2) is 0 Å². The minimum atomic E-state index is -0.326. The average Bonchev–Trinajstić information content (AvgIpc) is 3.10. The molecule has 3 saturated heterocycles. The first-order chi connectivity index (χ1) is 22.4. The Kier molecular flexibility index (Phi) is 28.0. The van der Waals surface area contributed by atoms with Gasteiger partial charge in [-0.1, -0.05) is 44.6 Å². The van der Waals surface area contributed by atoms with Gasteiger partial charge in [0.25, 0.3) is 0 Å². The average molecular weight is 822 g/mol. The summed E-state index contributed by atoms with van der Waals surface area (Å²) in [5.74, 6) is -1.03. The fraction of sp³-hybridized carbons (Fsp3) is 0.786. The summed E-state index contributed by atoms with van der Waals surface area (Å²) in [5.41, 5.74) is 0.667. The Morgan fingerprint density at radius 2 is 0.891 bits per heavy atom. The first kappa shape index (κ1) is 43.7. The van der Waals surface area contributed by atoms with Gasteiger partial charge in [-0.2, -0.15) is 0 Å². The topological polar surface area (TPSA) is 162 Å². The molecule has 46 heavy (non-hydrogen) atoms. The van der Waals surface area contributed by atoms with Crippen LogP contribution < -0.4 is 0 Å². The van der Waals surface area contributed by atoms with Gasteiger partial charge in [-0.05, 0) is 6.42 Å². The van der Waals surface area contributed by atoms with E-state index in [4.69, 9.17) is 59.5 Å². The zero-order valence-electron chi connectivity index (χ0n) is 25.5. The number of hydrogen-bond donors (Lipinski definition) is 0. The molecule has 12 nitrogen and oxygen atoms in total. The van der Waals surface area contributed by atoms with Crippen LogP contribution in [0.2, 0.25) is 0 Å². The van der Waals surface area contributed by atoms with Crippen molar-refractivity contribution < 1.29 is 63.9 Å². The van der Waals surface area contributed by atoms with E-state index in [1.54, 1.807) is 6.08 Å². The van der Waals surface area contributed by atoms with E-state index < -0.39 is 0 Å². The predicted octanol–water partition coefficient (Wildman–Crippen LogP) is 5.95. The van der Waals surface area contributed by atoms with Crippen molar-refractivity contribution >= 4 is 64.5 Å². The Labute approximate surface area is 301 Å². The summed E-state index contributed by atoms with van der Waals surface area (Å²) in [6.07, 6.45) is 7.00. The van der Waals surface area contributed by atoms with Gasteiger partial charge in [-0.3, -0.25) is 14.4 Å². The molecule has 0 aromatic carbocycles. The molecule has 0 N–H and O–H groups in total. The summed E-state index contributed by atoms with van der Waals surface area (Å²) >= 11 is 0.764. The van der Waals surface area contributed by atoms with Crippen LogP contribution in [0.4, 0.5) is 0 Å². The van der Waals surface area contributed by atoms with Crippen LogP contribution in [-0.4, -0.2) is 103 Å². The number of carbonyl (C=O) groups is 4. The predicted molar refractivity (Wildman–Crippen MR) is 170 cm³/mol. The van der Waals surface area contributed by atoms with Crippen molar-refractivity contribution in [2.24, 2.45) is 17.8 Å². The third kappa shape index (κ3) is 20.9. The fourth-order valence-corrected chi connectivity index (χ4v) is 4.72. The molecule has 0 amide bonds. The molecule has 4 rings (SSSR count). The number of ether oxygens (including phenoxy) is 4. The summed E-state index contributed by atoms with van der Waals surface area (Å²) in [6, 6.07) is 0. The molecule has 0 aromatic heterocycles. The quantitative estimate of drug-likeness (QED) is 0.148. The van der Waals surface area contributed by atoms with Gasteiger partial charge in [0.2, 0.25) is 0 Å². The van der Waals surface area contributed by atoms with E-state index in [-0.39, 0.29) is 68.1 Å². The Morgan fingerprint density at radius 1 is 0.565 bits per heavy atom. The van der Waals surface area contributed by atoms with E-state index >= 15 is 0 Å². The molecule has 0 aliphatic carbocycles. The van der Waals surface area contributed by atoms with Crippen molar-refractivity contribution in [1.29, 1.82) is 0 Å². The molecular formula is C28H42Cl4Co2N4O8-4. The molecule has 0 aromatic rings. The van der Waals surface area contributed by atoms with Crippen LogP contribution in [-0.2, 0) is 63.9 Å². The molecule has 0 atom stereocenters. The van der Waals surface area contributed by atoms with E-state index in [2.05, 4.69) is 21.3 Å². The van der Waals surface area contributed by atoms with Gasteiger partial charge in [0.05, 0.1) is 17.8 Å². The number of hydrogen-bond acceptors (Lipinski definition) is 8. The van der Waals surface area contributed by atoms with Crippen molar-refractivity contribution in [1.82, 2.24) is 0 Å². The van der Waals surface area contributed by atoms with E-state index in [0.29, 0.717) is 50.9 Å². The second kappa shape index (κ2) is 29.5. The van der Waals surface area contributed by atoms with Gasteiger partial charge < -0.3 is 40.2 Å². The Morgan fingerprint density at radius 3 is 1.20 bits per heavy atom.